The molecule has 0 aromatic heterocycles. The first-order chi connectivity index (χ1) is 20.2. The topological polar surface area (TPSA) is 163 Å². The Labute approximate surface area is 243 Å². The lowest BCUT2D eigenvalue weighted by Gasteiger charge is -2.37. The third kappa shape index (κ3) is 5.30. The van der Waals surface area contributed by atoms with E-state index in [1.165, 1.54) is 24.3 Å². The van der Waals surface area contributed by atoms with E-state index in [4.69, 9.17) is 15.2 Å². The van der Waals surface area contributed by atoms with Crippen LogP contribution in [0.15, 0.2) is 112 Å². The number of aliphatic hydroxyl groups excluding tert-OH is 1. The molecule has 1 atom stereocenters. The molecule has 0 radical (unpaired) electrons. The van der Waals surface area contributed by atoms with E-state index in [0.717, 1.165) is 23.4 Å². The van der Waals surface area contributed by atoms with Crippen molar-refractivity contribution in [3.05, 3.63) is 113 Å². The predicted octanol–water partition coefficient (Wildman–Crippen LogP) is 2.77. The summed E-state index contributed by atoms with van der Waals surface area (Å²) in [7, 11) is -2.21. The highest BCUT2D eigenvalue weighted by molar-refractivity contribution is 7.93. The van der Waals surface area contributed by atoms with E-state index in [9.17, 15) is 28.4 Å². The van der Waals surface area contributed by atoms with Gasteiger partial charge in [0.15, 0.2) is 0 Å². The SMILES string of the molecule is COC(=O)C1=C(C(=O)OC)N(c2ccccc2S(=O)(=O)N(CCO)c2ccccc2)C(N)=C(C#N)C1c1ccccc1. The second-order valence-electron chi connectivity index (χ2n) is 8.94. The first-order valence-corrected chi connectivity index (χ1v) is 14.1. The number of carbonyl (C=O) groups excluding carboxylic acids is 2. The largest absolute Gasteiger partial charge is 0.466 e. The minimum Gasteiger partial charge on any atom is -0.466 e. The van der Waals surface area contributed by atoms with Crippen molar-refractivity contribution in [3.63, 3.8) is 0 Å². The van der Waals surface area contributed by atoms with Gasteiger partial charge in [0.25, 0.3) is 10.0 Å². The van der Waals surface area contributed by atoms with Crippen LogP contribution in [-0.2, 0) is 29.1 Å². The summed E-state index contributed by atoms with van der Waals surface area (Å²) in [6.07, 6.45) is 0. The van der Waals surface area contributed by atoms with E-state index < -0.39 is 40.2 Å². The number of benzene rings is 3. The van der Waals surface area contributed by atoms with Crippen molar-refractivity contribution in [2.24, 2.45) is 5.73 Å². The van der Waals surface area contributed by atoms with Crippen molar-refractivity contribution in [1.29, 1.82) is 5.26 Å². The van der Waals surface area contributed by atoms with Gasteiger partial charge < -0.3 is 20.3 Å². The zero-order chi connectivity index (χ0) is 30.4. The third-order valence-electron chi connectivity index (χ3n) is 6.63. The molecule has 0 spiro atoms. The number of aliphatic hydroxyl groups is 1. The van der Waals surface area contributed by atoms with Crippen molar-refractivity contribution in [3.8, 4) is 6.07 Å². The first-order valence-electron chi connectivity index (χ1n) is 12.7. The van der Waals surface area contributed by atoms with Gasteiger partial charge in [-0.2, -0.15) is 5.26 Å². The van der Waals surface area contributed by atoms with Gasteiger partial charge >= 0.3 is 11.9 Å². The molecule has 1 unspecified atom stereocenters. The molecular formula is C30H28N4O7S. The van der Waals surface area contributed by atoms with Crippen LogP contribution in [0.5, 0.6) is 0 Å². The first kappa shape index (κ1) is 29.9. The van der Waals surface area contributed by atoms with E-state index >= 15 is 0 Å². The maximum Gasteiger partial charge on any atom is 0.355 e. The summed E-state index contributed by atoms with van der Waals surface area (Å²) in [5.41, 5.74) is 6.42. The Morgan fingerprint density at radius 1 is 0.952 bits per heavy atom. The number of hydrogen-bond acceptors (Lipinski definition) is 10. The van der Waals surface area contributed by atoms with Gasteiger partial charge in [-0.1, -0.05) is 60.7 Å². The lowest BCUT2D eigenvalue weighted by molar-refractivity contribution is -0.139. The molecule has 4 rings (SSSR count). The Hall–Kier alpha value is -5.12. The van der Waals surface area contributed by atoms with Crippen molar-refractivity contribution in [1.82, 2.24) is 0 Å². The van der Waals surface area contributed by atoms with Crippen LogP contribution in [0, 0.1) is 11.3 Å². The Morgan fingerprint density at radius 2 is 1.52 bits per heavy atom. The number of nitrogens with two attached hydrogens (primary N) is 1. The number of methoxy groups -OCH3 is 2. The van der Waals surface area contributed by atoms with Gasteiger partial charge in [0, 0.05) is 0 Å². The second kappa shape index (κ2) is 12.6. The monoisotopic (exact) mass is 588 g/mol. The molecule has 0 aliphatic carbocycles. The molecule has 12 heteroatoms. The van der Waals surface area contributed by atoms with Crippen LogP contribution >= 0.6 is 0 Å². The molecular weight excluding hydrogens is 560 g/mol. The van der Waals surface area contributed by atoms with Crippen molar-refractivity contribution in [2.75, 3.05) is 36.6 Å². The molecule has 0 bridgehead atoms. The molecule has 216 valence electrons. The predicted molar refractivity (Wildman–Crippen MR) is 154 cm³/mol. The van der Waals surface area contributed by atoms with Crippen LogP contribution in [0.2, 0.25) is 0 Å². The summed E-state index contributed by atoms with van der Waals surface area (Å²) in [6, 6.07) is 24.3. The highest BCUT2D eigenvalue weighted by Gasteiger charge is 2.44. The van der Waals surface area contributed by atoms with E-state index in [0.29, 0.717) is 5.56 Å². The number of carbonyl (C=O) groups is 2. The number of allylic oxidation sites excluding steroid dienone is 1. The number of sulfonamides is 1. The summed E-state index contributed by atoms with van der Waals surface area (Å²) in [5, 5.41) is 20.0. The van der Waals surface area contributed by atoms with Crippen molar-refractivity contribution >= 4 is 33.3 Å². The standard InChI is InChI=1S/C30H28N4O7S/c1-40-29(36)26-25(20-11-5-3-6-12-20)22(19-31)28(32)34(27(26)30(37)41-2)23-15-9-10-16-24(23)42(38,39)33(17-18-35)21-13-7-4-8-14-21/h3-16,25,35H,17-18,32H2,1-2H3. The number of nitrogens with zero attached hydrogens (tertiary/aromatic N) is 3. The molecule has 3 aromatic rings. The number of esters is 2. The summed E-state index contributed by atoms with van der Waals surface area (Å²) >= 11 is 0. The maximum absolute atomic E-state index is 14.2. The van der Waals surface area contributed by atoms with Gasteiger partial charge in [0.2, 0.25) is 0 Å². The Balaban J connectivity index is 2.07. The fraction of sp³-hybridized carbons (Fsp3) is 0.167. The molecule has 0 saturated heterocycles. The van der Waals surface area contributed by atoms with Crippen molar-refractivity contribution < 1.29 is 32.6 Å². The highest BCUT2D eigenvalue weighted by Crippen LogP contribution is 2.45. The summed E-state index contributed by atoms with van der Waals surface area (Å²) in [5.74, 6) is -3.36. The number of hydrogen-bond donors (Lipinski definition) is 2. The minimum absolute atomic E-state index is 0.114. The smallest absolute Gasteiger partial charge is 0.355 e. The van der Waals surface area contributed by atoms with Crippen LogP contribution < -0.4 is 14.9 Å². The fourth-order valence-corrected chi connectivity index (χ4v) is 6.45. The zero-order valence-corrected chi connectivity index (χ0v) is 23.6. The molecule has 1 aliphatic rings. The molecule has 42 heavy (non-hydrogen) atoms. The van der Waals surface area contributed by atoms with Gasteiger partial charge in [-0.3, -0.25) is 9.21 Å². The normalized spacial score (nSPS) is 15.2. The molecule has 11 nitrogen and oxygen atoms in total. The number of rotatable bonds is 9. The number of ether oxygens (including phenoxy) is 2. The summed E-state index contributed by atoms with van der Waals surface area (Å²) < 4.78 is 39.5. The number of para-hydroxylation sites is 2. The van der Waals surface area contributed by atoms with E-state index in [1.54, 1.807) is 60.7 Å². The molecule has 0 saturated carbocycles. The summed E-state index contributed by atoms with van der Waals surface area (Å²) in [4.78, 5) is 27.5. The average molecular weight is 589 g/mol. The number of anilines is 2. The van der Waals surface area contributed by atoms with Crippen LogP contribution in [0.3, 0.4) is 0 Å². The van der Waals surface area contributed by atoms with Gasteiger partial charge in [-0.15, -0.1) is 0 Å². The molecule has 1 aliphatic heterocycles. The van der Waals surface area contributed by atoms with E-state index in [1.807, 2.05) is 6.07 Å². The van der Waals surface area contributed by atoms with Crippen LogP contribution in [0.1, 0.15) is 11.5 Å². The third-order valence-corrected chi connectivity index (χ3v) is 8.51. The van der Waals surface area contributed by atoms with Crippen LogP contribution in [0.25, 0.3) is 0 Å². The van der Waals surface area contributed by atoms with Gasteiger partial charge in [-0.05, 0) is 29.8 Å². The van der Waals surface area contributed by atoms with E-state index in [2.05, 4.69) is 0 Å². The Kier molecular flexibility index (Phi) is 8.95. The van der Waals surface area contributed by atoms with Gasteiger partial charge in [-0.25, -0.2) is 18.0 Å². The average Bonchev–Trinajstić information content (AvgIpc) is 3.02. The lowest BCUT2D eigenvalue weighted by Crippen LogP contribution is -2.42. The van der Waals surface area contributed by atoms with Crippen LogP contribution in [-0.4, -0.2) is 52.8 Å². The summed E-state index contributed by atoms with van der Waals surface area (Å²) in [6.45, 7) is -0.766. The second-order valence-corrected chi connectivity index (χ2v) is 10.8. The van der Waals surface area contributed by atoms with E-state index in [-0.39, 0.29) is 39.8 Å². The number of nitriles is 1. The highest BCUT2D eigenvalue weighted by atomic mass is 32.2. The zero-order valence-electron chi connectivity index (χ0n) is 22.8. The van der Waals surface area contributed by atoms with Crippen molar-refractivity contribution in [2.45, 2.75) is 10.8 Å². The fourth-order valence-electron chi connectivity index (χ4n) is 4.82. The quantitative estimate of drug-likeness (QED) is 0.355. The molecule has 0 amide bonds. The molecule has 3 aromatic carbocycles. The molecule has 3 N–H and O–H groups in total. The maximum atomic E-state index is 14.2. The Morgan fingerprint density at radius 3 is 2.10 bits per heavy atom. The van der Waals surface area contributed by atoms with Crippen LogP contribution in [0.4, 0.5) is 11.4 Å². The van der Waals surface area contributed by atoms with Gasteiger partial charge in [0.1, 0.15) is 16.4 Å². The molecule has 0 fully saturated rings. The Bertz CT molecular complexity index is 1700. The lowest BCUT2D eigenvalue weighted by atomic mass is 9.81. The molecule has 1 heterocycles. The van der Waals surface area contributed by atoms with Gasteiger partial charge in [0.05, 0.1) is 61.9 Å². The minimum atomic E-state index is -4.43.